The van der Waals surface area contributed by atoms with Gasteiger partial charge in [0.15, 0.2) is 0 Å². The molecule has 0 atom stereocenters. The maximum Gasteiger partial charge on any atom is 0.129 e. The molecule has 0 bridgehead atoms. The van der Waals surface area contributed by atoms with Gasteiger partial charge in [0.1, 0.15) is 11.6 Å². The monoisotopic (exact) mass is 198 g/mol. The zero-order valence-electron chi connectivity index (χ0n) is 8.74. The molecule has 2 heteroatoms. The first-order chi connectivity index (χ1) is 6.65. The van der Waals surface area contributed by atoms with Gasteiger partial charge in [-0.1, -0.05) is 19.8 Å². The molecule has 1 rings (SSSR count). The topological polar surface area (TPSA) is 0 Å². The molecule has 0 fully saturated rings. The average molecular weight is 198 g/mol. The van der Waals surface area contributed by atoms with Crippen LogP contribution >= 0.6 is 0 Å². The zero-order chi connectivity index (χ0) is 10.6. The van der Waals surface area contributed by atoms with Crippen LogP contribution in [0, 0.1) is 18.6 Å². The van der Waals surface area contributed by atoms with E-state index in [0.717, 1.165) is 19.3 Å². The molecule has 0 aliphatic carbocycles. The van der Waals surface area contributed by atoms with Gasteiger partial charge in [-0.15, -0.1) is 0 Å². The molecule has 0 amide bonds. The summed E-state index contributed by atoms with van der Waals surface area (Å²) in [7, 11) is 0. The van der Waals surface area contributed by atoms with Crippen molar-refractivity contribution in [2.75, 3.05) is 0 Å². The summed E-state index contributed by atoms with van der Waals surface area (Å²) in [5, 5.41) is 0. The lowest BCUT2D eigenvalue weighted by Gasteiger charge is -2.05. The van der Waals surface area contributed by atoms with Crippen LogP contribution in [0.1, 0.15) is 37.3 Å². The molecule has 14 heavy (non-hydrogen) atoms. The minimum Gasteiger partial charge on any atom is -0.207 e. The summed E-state index contributed by atoms with van der Waals surface area (Å²) in [6, 6.07) is 2.79. The molecular weight excluding hydrogens is 182 g/mol. The Balaban J connectivity index is 2.75. The number of halogens is 2. The predicted octanol–water partition coefficient (Wildman–Crippen LogP) is 4.01. The second-order valence-corrected chi connectivity index (χ2v) is 3.66. The molecule has 0 aliphatic rings. The zero-order valence-corrected chi connectivity index (χ0v) is 8.74. The lowest BCUT2D eigenvalue weighted by Crippen LogP contribution is -1.97. The first-order valence-corrected chi connectivity index (χ1v) is 5.09. The van der Waals surface area contributed by atoms with E-state index in [1.165, 1.54) is 12.1 Å². The molecule has 78 valence electrons. The van der Waals surface area contributed by atoms with Crippen molar-refractivity contribution in [3.05, 3.63) is 34.9 Å². The molecule has 0 N–H and O–H groups in total. The highest BCUT2D eigenvalue weighted by atomic mass is 19.1. The highest BCUT2D eigenvalue weighted by Crippen LogP contribution is 2.17. The van der Waals surface area contributed by atoms with Gasteiger partial charge in [-0.2, -0.15) is 0 Å². The lowest BCUT2D eigenvalue weighted by atomic mass is 10.0. The molecule has 0 nitrogen and oxygen atoms in total. The van der Waals surface area contributed by atoms with Gasteiger partial charge in [-0.3, -0.25) is 0 Å². The Morgan fingerprint density at radius 2 is 1.64 bits per heavy atom. The Labute approximate surface area is 84.0 Å². The fraction of sp³-hybridized carbons (Fsp3) is 0.500. The van der Waals surface area contributed by atoms with Crippen molar-refractivity contribution in [3.63, 3.8) is 0 Å². The molecule has 0 unspecified atom stereocenters. The number of aryl methyl sites for hydroxylation is 1. The third-order valence-corrected chi connectivity index (χ3v) is 2.32. The van der Waals surface area contributed by atoms with Crippen LogP contribution in [0.25, 0.3) is 0 Å². The third kappa shape index (κ3) is 2.79. The minimum atomic E-state index is -0.404. The number of hydrogen-bond donors (Lipinski definition) is 0. The van der Waals surface area contributed by atoms with E-state index < -0.39 is 11.6 Å². The number of benzene rings is 1. The highest BCUT2D eigenvalue weighted by Gasteiger charge is 2.08. The Morgan fingerprint density at radius 3 is 2.14 bits per heavy atom. The molecule has 0 aliphatic heterocycles. The van der Waals surface area contributed by atoms with Crippen molar-refractivity contribution in [1.29, 1.82) is 0 Å². The Kier molecular flexibility index (Phi) is 4.05. The predicted molar refractivity (Wildman–Crippen MR) is 54.3 cm³/mol. The van der Waals surface area contributed by atoms with Crippen LogP contribution in [0.3, 0.4) is 0 Å². The minimum absolute atomic E-state index is 0.240. The van der Waals surface area contributed by atoms with Crippen molar-refractivity contribution in [3.8, 4) is 0 Å². The van der Waals surface area contributed by atoms with Gasteiger partial charge >= 0.3 is 0 Å². The molecule has 0 saturated heterocycles. The summed E-state index contributed by atoms with van der Waals surface area (Å²) < 4.78 is 26.6. The molecule has 0 saturated carbocycles. The fourth-order valence-electron chi connectivity index (χ4n) is 1.52. The SMILES string of the molecule is CCCCCc1c(F)cc(C)cc1F. The first kappa shape index (κ1) is 11.2. The van der Waals surface area contributed by atoms with Crippen LogP contribution in [-0.4, -0.2) is 0 Å². The smallest absolute Gasteiger partial charge is 0.129 e. The van der Waals surface area contributed by atoms with E-state index in [-0.39, 0.29) is 5.56 Å². The van der Waals surface area contributed by atoms with Crippen LogP contribution < -0.4 is 0 Å². The Bertz CT molecular complexity index is 282. The Morgan fingerprint density at radius 1 is 1.07 bits per heavy atom. The van der Waals surface area contributed by atoms with Gasteiger partial charge in [0.05, 0.1) is 0 Å². The molecule has 0 radical (unpaired) electrons. The van der Waals surface area contributed by atoms with Gasteiger partial charge in [0, 0.05) is 5.56 Å². The maximum atomic E-state index is 13.3. The van der Waals surface area contributed by atoms with Gasteiger partial charge in [-0.25, -0.2) is 8.78 Å². The summed E-state index contributed by atoms with van der Waals surface area (Å²) in [6.45, 7) is 3.77. The molecule has 0 spiro atoms. The molecular formula is C12H16F2. The van der Waals surface area contributed by atoms with Crippen molar-refractivity contribution >= 4 is 0 Å². The van der Waals surface area contributed by atoms with E-state index in [1.807, 2.05) is 0 Å². The third-order valence-electron chi connectivity index (χ3n) is 2.32. The second-order valence-electron chi connectivity index (χ2n) is 3.66. The molecule has 0 heterocycles. The van der Waals surface area contributed by atoms with Crippen LogP contribution in [-0.2, 0) is 6.42 Å². The number of unbranched alkanes of at least 4 members (excludes halogenated alkanes) is 2. The van der Waals surface area contributed by atoms with Gasteiger partial charge in [-0.05, 0) is 37.5 Å². The van der Waals surface area contributed by atoms with E-state index >= 15 is 0 Å². The van der Waals surface area contributed by atoms with Crippen LogP contribution in [0.4, 0.5) is 8.78 Å². The van der Waals surface area contributed by atoms with Crippen molar-refractivity contribution in [2.45, 2.75) is 39.5 Å². The van der Waals surface area contributed by atoms with Crippen molar-refractivity contribution < 1.29 is 8.78 Å². The summed E-state index contributed by atoms with van der Waals surface area (Å²) in [5.74, 6) is -0.808. The largest absolute Gasteiger partial charge is 0.207 e. The first-order valence-electron chi connectivity index (χ1n) is 5.09. The normalized spacial score (nSPS) is 10.6. The fourth-order valence-corrected chi connectivity index (χ4v) is 1.52. The van der Waals surface area contributed by atoms with Crippen LogP contribution in [0.2, 0.25) is 0 Å². The summed E-state index contributed by atoms with van der Waals surface area (Å²) >= 11 is 0. The molecule has 1 aromatic rings. The highest BCUT2D eigenvalue weighted by molar-refractivity contribution is 5.25. The van der Waals surface area contributed by atoms with Gasteiger partial charge in [0.2, 0.25) is 0 Å². The van der Waals surface area contributed by atoms with Crippen LogP contribution in [0.15, 0.2) is 12.1 Å². The Hall–Kier alpha value is -0.920. The molecule has 1 aromatic carbocycles. The van der Waals surface area contributed by atoms with E-state index in [1.54, 1.807) is 6.92 Å². The average Bonchev–Trinajstić information content (AvgIpc) is 2.09. The maximum absolute atomic E-state index is 13.3. The molecule has 0 aromatic heterocycles. The van der Waals surface area contributed by atoms with Crippen molar-refractivity contribution in [1.82, 2.24) is 0 Å². The quantitative estimate of drug-likeness (QED) is 0.641. The summed E-state index contributed by atoms with van der Waals surface area (Å²) in [6.07, 6.45) is 3.45. The van der Waals surface area contributed by atoms with E-state index in [9.17, 15) is 8.78 Å². The van der Waals surface area contributed by atoms with Gasteiger partial charge in [0.25, 0.3) is 0 Å². The summed E-state index contributed by atoms with van der Waals surface area (Å²) in [5.41, 5.74) is 0.878. The van der Waals surface area contributed by atoms with E-state index in [2.05, 4.69) is 6.92 Å². The number of rotatable bonds is 4. The standard InChI is InChI=1S/C12H16F2/c1-3-4-5-6-10-11(13)7-9(2)8-12(10)14/h7-8H,3-6H2,1-2H3. The van der Waals surface area contributed by atoms with Crippen molar-refractivity contribution in [2.24, 2.45) is 0 Å². The van der Waals surface area contributed by atoms with E-state index in [4.69, 9.17) is 0 Å². The summed E-state index contributed by atoms with van der Waals surface area (Å²) in [4.78, 5) is 0. The second kappa shape index (κ2) is 5.08. The lowest BCUT2D eigenvalue weighted by molar-refractivity contribution is 0.544. The number of hydrogen-bond acceptors (Lipinski definition) is 0. The van der Waals surface area contributed by atoms with E-state index in [0.29, 0.717) is 12.0 Å². The van der Waals surface area contributed by atoms with Crippen LogP contribution in [0.5, 0.6) is 0 Å². The van der Waals surface area contributed by atoms with Gasteiger partial charge < -0.3 is 0 Å².